The predicted octanol–water partition coefficient (Wildman–Crippen LogP) is -2.60. The molecule has 2 aromatic carbocycles. The molecule has 1 unspecified atom stereocenters. The first kappa shape index (κ1) is 21.3. The molecular formula is C15H12Cl2O3PTi. The van der Waals surface area contributed by atoms with E-state index >= 15 is 0 Å². The molecule has 0 heterocycles. The van der Waals surface area contributed by atoms with E-state index in [4.69, 9.17) is 4.52 Å². The quantitative estimate of drug-likeness (QED) is 0.356. The molecule has 2 aromatic rings. The molecule has 3 rings (SSSR count). The molecule has 1 radical (unpaired) electrons. The Balaban J connectivity index is 0.00000147. The van der Waals surface area contributed by atoms with Gasteiger partial charge in [0.1, 0.15) is 5.76 Å². The van der Waals surface area contributed by atoms with E-state index in [-0.39, 0.29) is 46.5 Å². The van der Waals surface area contributed by atoms with Crippen molar-refractivity contribution in [3.8, 4) is 0 Å². The Morgan fingerprint density at radius 3 is 2.50 bits per heavy atom. The average molecular weight is 390 g/mol. The van der Waals surface area contributed by atoms with Crippen LogP contribution in [0.5, 0.6) is 0 Å². The third-order valence-electron chi connectivity index (χ3n) is 3.01. The molecule has 1 atom stereocenters. The molecule has 3 nitrogen and oxygen atoms in total. The minimum atomic E-state index is -3.87. The van der Waals surface area contributed by atoms with Gasteiger partial charge in [-0.15, -0.1) is 35.0 Å². The van der Waals surface area contributed by atoms with Crippen molar-refractivity contribution >= 4 is 23.7 Å². The van der Waals surface area contributed by atoms with Gasteiger partial charge in [-0.25, -0.2) is 4.57 Å². The van der Waals surface area contributed by atoms with Crippen LogP contribution in [0.4, 0.5) is 0 Å². The molecule has 0 saturated carbocycles. The summed E-state index contributed by atoms with van der Waals surface area (Å²) in [5, 5.41) is 2.15. The third-order valence-corrected chi connectivity index (χ3v) is 4.37. The summed E-state index contributed by atoms with van der Waals surface area (Å²) in [7, 11) is -3.87. The van der Waals surface area contributed by atoms with Gasteiger partial charge in [-0.3, -0.25) is 0 Å². The van der Waals surface area contributed by atoms with E-state index in [1.54, 1.807) is 30.4 Å². The van der Waals surface area contributed by atoms with Gasteiger partial charge in [0.2, 0.25) is 0 Å². The fourth-order valence-electron chi connectivity index (χ4n) is 2.01. The molecule has 113 valence electrons. The molecule has 1 N–H and O–H groups in total. The standard InChI is InChI=1S/C15H12O3P.2ClH.Ti/c1-11-5-4-8-15(11)18-19(16,17)14-9-12-6-2-3-7-13(12)10-14;;;/h2-10H,1H2,(H,16,17);2*1H;/q-1;;;+3/p-2. The topological polar surface area (TPSA) is 46.5 Å². The van der Waals surface area contributed by atoms with Crippen LogP contribution in [-0.2, 0) is 30.8 Å². The van der Waals surface area contributed by atoms with Crippen molar-refractivity contribution < 1.29 is 60.5 Å². The Morgan fingerprint density at radius 2 is 1.91 bits per heavy atom. The van der Waals surface area contributed by atoms with Crippen LogP contribution in [0.3, 0.4) is 0 Å². The second-order valence-corrected chi connectivity index (χ2v) is 6.11. The number of halogens is 2. The van der Waals surface area contributed by atoms with Crippen molar-refractivity contribution in [3.05, 3.63) is 72.5 Å². The number of hydrogen-bond acceptors (Lipinski definition) is 2. The Hall–Kier alpha value is -0.666. The monoisotopic (exact) mass is 389 g/mol. The number of benzene rings is 1. The molecule has 0 spiro atoms. The molecule has 7 heteroatoms. The summed E-state index contributed by atoms with van der Waals surface area (Å²) in [5.41, 5.74) is 0.602. The number of allylic oxidation sites excluding steroid dienone is 3. The van der Waals surface area contributed by atoms with E-state index in [0.29, 0.717) is 16.6 Å². The molecular weight excluding hydrogens is 378 g/mol. The number of hydrogen-bond donors (Lipinski definition) is 1. The first-order valence-electron chi connectivity index (χ1n) is 5.82. The average Bonchev–Trinajstić information content (AvgIpc) is 2.96. The molecule has 0 saturated heterocycles. The Morgan fingerprint density at radius 1 is 1.23 bits per heavy atom. The van der Waals surface area contributed by atoms with Gasteiger partial charge in [0.25, 0.3) is 0 Å². The van der Waals surface area contributed by atoms with E-state index in [9.17, 15) is 9.46 Å². The Kier molecular flexibility index (Phi) is 8.01. The second-order valence-electron chi connectivity index (χ2n) is 4.37. The van der Waals surface area contributed by atoms with E-state index in [1.165, 1.54) is 0 Å². The van der Waals surface area contributed by atoms with E-state index in [2.05, 4.69) is 6.58 Å². The summed E-state index contributed by atoms with van der Waals surface area (Å²) in [6.45, 7) is 3.74. The third kappa shape index (κ3) is 4.20. The number of rotatable bonds is 3. The minimum absolute atomic E-state index is 0. The van der Waals surface area contributed by atoms with Crippen LogP contribution in [0.1, 0.15) is 0 Å². The zero-order chi connectivity index (χ0) is 13.5. The number of fused-ring (bicyclic) bond motifs is 1. The minimum Gasteiger partial charge on any atom is -1.00 e. The van der Waals surface area contributed by atoms with Crippen LogP contribution in [0.25, 0.3) is 10.8 Å². The first-order chi connectivity index (χ1) is 9.06. The molecule has 1 aliphatic carbocycles. The second kappa shape index (κ2) is 8.26. The maximum absolute atomic E-state index is 12.3. The zero-order valence-corrected chi connectivity index (χ0v) is 15.3. The van der Waals surface area contributed by atoms with Crippen LogP contribution >= 0.6 is 7.60 Å². The molecule has 22 heavy (non-hydrogen) atoms. The van der Waals surface area contributed by atoms with Gasteiger partial charge >= 0.3 is 29.3 Å². The molecule has 1 aliphatic rings. The van der Waals surface area contributed by atoms with Gasteiger partial charge in [-0.2, -0.15) is 6.07 Å². The smallest absolute Gasteiger partial charge is 1.00 e. The van der Waals surface area contributed by atoms with Gasteiger partial charge in [-0.05, 0) is 11.4 Å². The van der Waals surface area contributed by atoms with Crippen molar-refractivity contribution in [2.45, 2.75) is 0 Å². The van der Waals surface area contributed by atoms with Gasteiger partial charge in [0.15, 0.2) is 0 Å². The summed E-state index contributed by atoms with van der Waals surface area (Å²) >= 11 is 0. The van der Waals surface area contributed by atoms with Crippen LogP contribution in [-0.4, -0.2) is 4.89 Å². The first-order valence-corrected chi connectivity index (χ1v) is 7.40. The predicted molar refractivity (Wildman–Crippen MR) is 76.4 cm³/mol. The van der Waals surface area contributed by atoms with Gasteiger partial charge in [-0.1, -0.05) is 24.8 Å². The van der Waals surface area contributed by atoms with Crippen molar-refractivity contribution in [2.75, 3.05) is 0 Å². The maximum atomic E-state index is 12.3. The van der Waals surface area contributed by atoms with Crippen LogP contribution in [0.2, 0.25) is 0 Å². The Labute approximate surface area is 156 Å². The fourth-order valence-corrected chi connectivity index (χ4v) is 3.17. The normalized spacial score (nSPS) is 15.1. The van der Waals surface area contributed by atoms with Crippen molar-refractivity contribution in [1.29, 1.82) is 0 Å². The molecule has 0 fully saturated rings. The summed E-state index contributed by atoms with van der Waals surface area (Å²) in [6, 6.07) is 10.9. The van der Waals surface area contributed by atoms with Crippen LogP contribution in [0, 0.1) is 0 Å². The summed E-state index contributed by atoms with van der Waals surface area (Å²) < 4.78 is 17.5. The van der Waals surface area contributed by atoms with E-state index in [1.807, 2.05) is 24.3 Å². The largest absolute Gasteiger partial charge is 3.00 e. The zero-order valence-electron chi connectivity index (χ0n) is 11.4. The van der Waals surface area contributed by atoms with Crippen molar-refractivity contribution in [3.63, 3.8) is 0 Å². The van der Waals surface area contributed by atoms with Crippen LogP contribution in [0.15, 0.2) is 72.5 Å². The fraction of sp³-hybridized carbons (Fsp3) is 0. The van der Waals surface area contributed by atoms with E-state index in [0.717, 1.165) is 10.8 Å². The van der Waals surface area contributed by atoms with Crippen molar-refractivity contribution in [2.24, 2.45) is 0 Å². The summed E-state index contributed by atoms with van der Waals surface area (Å²) in [4.78, 5) is 10.1. The van der Waals surface area contributed by atoms with Crippen LogP contribution < -0.4 is 30.1 Å². The molecule has 0 amide bonds. The maximum Gasteiger partial charge on any atom is 3.00 e. The molecule has 0 aromatic heterocycles. The SMILES string of the molecule is C=C1C=CC=C1OP(=O)(O)c1cc2ccccc2[cH-]1.[Cl-].[Cl-].[Ti+3]. The summed E-state index contributed by atoms with van der Waals surface area (Å²) in [6.07, 6.45) is 5.10. The van der Waals surface area contributed by atoms with Gasteiger partial charge in [0, 0.05) is 5.57 Å². The van der Waals surface area contributed by atoms with Gasteiger partial charge < -0.3 is 34.2 Å². The van der Waals surface area contributed by atoms with E-state index < -0.39 is 7.60 Å². The Bertz CT molecular complexity index is 747. The van der Waals surface area contributed by atoms with Crippen molar-refractivity contribution in [1.82, 2.24) is 0 Å². The molecule has 0 aliphatic heterocycles. The molecule has 0 bridgehead atoms. The van der Waals surface area contributed by atoms with Gasteiger partial charge in [0.05, 0.1) is 0 Å². The summed E-state index contributed by atoms with van der Waals surface area (Å²) in [5.74, 6) is 0.344.